The molecule has 3 rings (SSSR count). The zero-order valence-electron chi connectivity index (χ0n) is 17.8. The van der Waals surface area contributed by atoms with E-state index in [1.54, 1.807) is 0 Å². The minimum atomic E-state index is -2.94. The third kappa shape index (κ3) is 4.80. The van der Waals surface area contributed by atoms with Crippen LogP contribution in [0, 0.1) is 5.82 Å². The second-order valence-corrected chi connectivity index (χ2v) is 8.03. The van der Waals surface area contributed by atoms with Crippen molar-refractivity contribution >= 4 is 29.9 Å². The lowest BCUT2D eigenvalue weighted by Crippen LogP contribution is -2.41. The van der Waals surface area contributed by atoms with Gasteiger partial charge in [0.15, 0.2) is 0 Å². The maximum absolute atomic E-state index is 14.9. The lowest BCUT2D eigenvalue weighted by Gasteiger charge is -2.32. The molecule has 31 heavy (non-hydrogen) atoms. The summed E-state index contributed by atoms with van der Waals surface area (Å²) in [4.78, 5) is 12.2. The lowest BCUT2D eigenvalue weighted by atomic mass is 9.77. The monoisotopic (exact) mass is 437 g/mol. The topological polar surface area (TPSA) is 66.0 Å². The number of anilines is 2. The molecule has 0 amide bonds. The van der Waals surface area contributed by atoms with Crippen LogP contribution in [0.4, 0.5) is 24.5 Å². The molecule has 0 saturated carbocycles. The highest BCUT2D eigenvalue weighted by molar-refractivity contribution is 6.62. The molecule has 2 aromatic rings. The Morgan fingerprint density at radius 1 is 1.06 bits per heavy atom. The normalized spacial score (nSPS) is 17.0. The fraction of sp³-hybridized carbons (Fsp3) is 0.381. The summed E-state index contributed by atoms with van der Waals surface area (Å²) in [5, 5.41) is 2.98. The number of nitrogens with one attached hydrogen (secondary N) is 1. The molecule has 10 heteroatoms. The molecule has 1 heterocycles. The Bertz CT molecular complexity index is 950. The maximum Gasteiger partial charge on any atom is 0.497 e. The lowest BCUT2D eigenvalue weighted by molar-refractivity contribution is -0.0498. The van der Waals surface area contributed by atoms with Crippen molar-refractivity contribution in [2.24, 2.45) is 0 Å². The smallest absolute Gasteiger partial charge is 0.465 e. The molecular formula is C21H23BF3NO5. The number of carbonyl (C=O) groups excluding carboxylic acids is 1. The molecule has 1 aliphatic heterocycles. The number of rotatable bonds is 6. The first-order valence-corrected chi connectivity index (χ1v) is 9.53. The minimum absolute atomic E-state index is 0.0224. The first-order chi connectivity index (χ1) is 14.4. The highest BCUT2D eigenvalue weighted by Gasteiger charge is 2.52. The van der Waals surface area contributed by atoms with Gasteiger partial charge in [-0.3, -0.25) is 0 Å². The van der Waals surface area contributed by atoms with Crippen LogP contribution < -0.4 is 15.5 Å². The molecule has 0 aromatic heterocycles. The predicted molar refractivity (Wildman–Crippen MR) is 110 cm³/mol. The molecule has 6 nitrogen and oxygen atoms in total. The number of hydrogen-bond acceptors (Lipinski definition) is 6. The quantitative estimate of drug-likeness (QED) is 0.539. The van der Waals surface area contributed by atoms with E-state index in [2.05, 4.69) is 10.1 Å². The Morgan fingerprint density at radius 2 is 1.65 bits per heavy atom. The molecule has 0 bridgehead atoms. The van der Waals surface area contributed by atoms with Crippen LogP contribution in [0.15, 0.2) is 36.4 Å². The molecule has 2 aromatic carbocycles. The number of ether oxygens (including phenoxy) is 2. The van der Waals surface area contributed by atoms with Crippen LogP contribution >= 0.6 is 0 Å². The predicted octanol–water partition coefficient (Wildman–Crippen LogP) is 4.26. The highest BCUT2D eigenvalue weighted by Crippen LogP contribution is 2.37. The number of carbonyl (C=O) groups is 1. The van der Waals surface area contributed by atoms with Crippen LogP contribution in [-0.4, -0.2) is 38.0 Å². The largest absolute Gasteiger partial charge is 0.497 e. The third-order valence-electron chi connectivity index (χ3n) is 5.41. The Morgan fingerprint density at radius 3 is 2.16 bits per heavy atom. The Labute approximate surface area is 178 Å². The molecule has 1 N–H and O–H groups in total. The van der Waals surface area contributed by atoms with Crippen molar-refractivity contribution in [1.29, 1.82) is 0 Å². The van der Waals surface area contributed by atoms with Gasteiger partial charge in [0.2, 0.25) is 0 Å². The van der Waals surface area contributed by atoms with E-state index >= 15 is 0 Å². The maximum atomic E-state index is 14.9. The standard InChI is InChI=1S/C21H23BF3NO5/c1-20(2)21(3,4)31-22(30-20)15-11-17(14(10-16(15)23)18(27)28-5)26-12-6-8-13(9-7-12)29-19(24)25/h6-11,19,26H,1-5H3. The summed E-state index contributed by atoms with van der Waals surface area (Å²) in [5.41, 5.74) is -0.614. The van der Waals surface area contributed by atoms with Gasteiger partial charge in [-0.1, -0.05) is 0 Å². The molecule has 0 spiro atoms. The number of benzene rings is 2. The van der Waals surface area contributed by atoms with Crippen LogP contribution in [0.25, 0.3) is 0 Å². The molecular weight excluding hydrogens is 414 g/mol. The van der Waals surface area contributed by atoms with Gasteiger partial charge in [0, 0.05) is 11.2 Å². The first-order valence-electron chi connectivity index (χ1n) is 9.53. The van der Waals surface area contributed by atoms with Gasteiger partial charge in [-0.2, -0.15) is 8.78 Å². The fourth-order valence-corrected chi connectivity index (χ4v) is 3.00. The van der Waals surface area contributed by atoms with Crippen molar-refractivity contribution in [2.45, 2.75) is 45.5 Å². The van der Waals surface area contributed by atoms with Crippen molar-refractivity contribution in [1.82, 2.24) is 0 Å². The molecule has 1 saturated heterocycles. The molecule has 166 valence electrons. The number of esters is 1. The summed E-state index contributed by atoms with van der Waals surface area (Å²) in [5.74, 6) is -1.46. The van der Waals surface area contributed by atoms with Crippen molar-refractivity contribution in [3.05, 3.63) is 47.8 Å². The number of methoxy groups -OCH3 is 1. The van der Waals surface area contributed by atoms with Crippen LogP contribution in [0.1, 0.15) is 38.1 Å². The first kappa shape index (κ1) is 23.0. The molecule has 1 fully saturated rings. The Hall–Kier alpha value is -2.72. The van der Waals surface area contributed by atoms with Gasteiger partial charge in [0.25, 0.3) is 0 Å². The second kappa shape index (κ2) is 8.43. The summed E-state index contributed by atoms with van der Waals surface area (Å²) in [6, 6.07) is 8.10. The summed E-state index contributed by atoms with van der Waals surface area (Å²) < 4.78 is 60.5. The van der Waals surface area contributed by atoms with Crippen molar-refractivity contribution in [3.8, 4) is 5.75 Å². The third-order valence-corrected chi connectivity index (χ3v) is 5.41. The van der Waals surface area contributed by atoms with Gasteiger partial charge >= 0.3 is 19.7 Å². The molecule has 0 aliphatic carbocycles. The molecule has 0 atom stereocenters. The van der Waals surface area contributed by atoms with E-state index in [1.807, 2.05) is 27.7 Å². The average molecular weight is 437 g/mol. The van der Waals surface area contributed by atoms with Gasteiger partial charge in [-0.25, -0.2) is 9.18 Å². The Kier molecular flexibility index (Phi) is 6.24. The summed E-state index contributed by atoms with van der Waals surface area (Å²) in [6.07, 6.45) is 0. The SMILES string of the molecule is COC(=O)c1cc(F)c(B2OC(C)(C)C(C)(C)O2)cc1Nc1ccc(OC(F)F)cc1. The van der Waals surface area contributed by atoms with E-state index < -0.39 is 36.7 Å². The van der Waals surface area contributed by atoms with Gasteiger partial charge in [-0.05, 0) is 64.1 Å². The van der Waals surface area contributed by atoms with Crippen LogP contribution in [0.5, 0.6) is 5.75 Å². The summed E-state index contributed by atoms with van der Waals surface area (Å²) in [7, 11) is 0.196. The highest BCUT2D eigenvalue weighted by atomic mass is 19.3. The van der Waals surface area contributed by atoms with E-state index in [1.165, 1.54) is 37.4 Å². The fourth-order valence-electron chi connectivity index (χ4n) is 3.00. The van der Waals surface area contributed by atoms with Crippen LogP contribution in [-0.2, 0) is 14.0 Å². The molecule has 0 unspecified atom stereocenters. The number of halogens is 3. The van der Waals surface area contributed by atoms with E-state index in [9.17, 15) is 18.0 Å². The van der Waals surface area contributed by atoms with E-state index in [0.717, 1.165) is 6.07 Å². The molecule has 1 aliphatic rings. The minimum Gasteiger partial charge on any atom is -0.465 e. The zero-order valence-corrected chi connectivity index (χ0v) is 17.8. The molecule has 0 radical (unpaired) electrons. The van der Waals surface area contributed by atoms with Gasteiger partial charge < -0.3 is 24.1 Å². The summed E-state index contributed by atoms with van der Waals surface area (Å²) >= 11 is 0. The van der Waals surface area contributed by atoms with Crippen molar-refractivity contribution < 1.29 is 36.7 Å². The van der Waals surface area contributed by atoms with Crippen LogP contribution in [0.3, 0.4) is 0 Å². The second-order valence-electron chi connectivity index (χ2n) is 8.03. The zero-order chi connectivity index (χ0) is 23.0. The van der Waals surface area contributed by atoms with E-state index in [4.69, 9.17) is 14.0 Å². The van der Waals surface area contributed by atoms with Crippen molar-refractivity contribution in [3.63, 3.8) is 0 Å². The van der Waals surface area contributed by atoms with Gasteiger partial charge in [0.05, 0.1) is 29.6 Å². The van der Waals surface area contributed by atoms with E-state index in [0.29, 0.717) is 5.69 Å². The number of alkyl halides is 2. The van der Waals surface area contributed by atoms with Crippen LogP contribution in [0.2, 0.25) is 0 Å². The van der Waals surface area contributed by atoms with E-state index in [-0.39, 0.29) is 22.5 Å². The average Bonchev–Trinajstić information content (AvgIpc) is 2.90. The summed E-state index contributed by atoms with van der Waals surface area (Å²) in [6.45, 7) is 4.43. The Balaban J connectivity index is 1.96. The van der Waals surface area contributed by atoms with Gasteiger partial charge in [-0.15, -0.1) is 0 Å². The van der Waals surface area contributed by atoms with Crippen molar-refractivity contribution in [2.75, 3.05) is 12.4 Å². The van der Waals surface area contributed by atoms with Gasteiger partial charge in [0.1, 0.15) is 11.6 Å². The number of hydrogen-bond donors (Lipinski definition) is 1.